The van der Waals surface area contributed by atoms with Gasteiger partial charge in [-0.3, -0.25) is 4.79 Å². The summed E-state index contributed by atoms with van der Waals surface area (Å²) in [6.07, 6.45) is 7.18. The summed E-state index contributed by atoms with van der Waals surface area (Å²) in [5, 5.41) is 10.1. The van der Waals surface area contributed by atoms with E-state index in [4.69, 9.17) is 4.74 Å². The number of carbonyl (C=O) groups is 1. The van der Waals surface area contributed by atoms with Gasteiger partial charge in [0.25, 0.3) is 0 Å². The number of nitrogens with zero attached hydrogens (tertiary/aromatic N) is 3. The van der Waals surface area contributed by atoms with Crippen LogP contribution in [-0.2, 0) is 16.1 Å². The molecule has 1 unspecified atom stereocenters. The number of rotatable bonds is 9. The quantitative estimate of drug-likeness (QED) is 0.347. The second kappa shape index (κ2) is 13.6. The first-order chi connectivity index (χ1) is 17.5. The molecule has 36 heavy (non-hydrogen) atoms. The average Bonchev–Trinajstić information content (AvgIpc) is 3.53. The van der Waals surface area contributed by atoms with Crippen molar-refractivity contribution in [1.29, 1.82) is 0 Å². The molecule has 1 amide bonds. The summed E-state index contributed by atoms with van der Waals surface area (Å²) in [4.78, 5) is 22.1. The Morgan fingerprint density at radius 2 is 2.14 bits per heavy atom. The number of nitrogens with two attached hydrogens (primary N) is 1. The lowest BCUT2D eigenvalue weighted by Gasteiger charge is -2.23. The molecule has 11 heteroatoms. The number of nitrogens with one attached hydrogen (secondary N) is 3. The summed E-state index contributed by atoms with van der Waals surface area (Å²) < 4.78 is 20.5. The highest BCUT2D eigenvalue weighted by molar-refractivity contribution is 7.18. The van der Waals surface area contributed by atoms with Gasteiger partial charge in [-0.2, -0.15) is 0 Å². The van der Waals surface area contributed by atoms with Gasteiger partial charge in [-0.25, -0.2) is 14.4 Å². The second-order valence-corrected chi connectivity index (χ2v) is 8.80. The highest BCUT2D eigenvalue weighted by Gasteiger charge is 2.20. The van der Waals surface area contributed by atoms with Crippen LogP contribution in [0.25, 0.3) is 22.6 Å². The topological polar surface area (TPSA) is 119 Å². The molecule has 3 heterocycles. The van der Waals surface area contributed by atoms with E-state index in [9.17, 15) is 9.18 Å². The van der Waals surface area contributed by atoms with Crippen LogP contribution in [-0.4, -0.2) is 59.8 Å². The highest BCUT2D eigenvalue weighted by Crippen LogP contribution is 2.30. The lowest BCUT2D eigenvalue weighted by molar-refractivity contribution is -0.125. The van der Waals surface area contributed by atoms with E-state index >= 15 is 0 Å². The molecule has 192 valence electrons. The van der Waals surface area contributed by atoms with E-state index in [0.29, 0.717) is 32.8 Å². The number of thiazole rings is 1. The molecule has 5 N–H and O–H groups in total. The third-order valence-corrected chi connectivity index (χ3v) is 6.25. The summed E-state index contributed by atoms with van der Waals surface area (Å²) in [6, 6.07) is 6.03. The molecule has 0 saturated carbocycles. The molecule has 0 bridgehead atoms. The summed E-state index contributed by atoms with van der Waals surface area (Å²) in [5.41, 5.74) is 7.92. The largest absolute Gasteiger partial charge is 0.378 e. The zero-order valence-electron chi connectivity index (χ0n) is 20.5. The minimum atomic E-state index is -0.316. The van der Waals surface area contributed by atoms with Gasteiger partial charge in [0.05, 0.1) is 35.8 Å². The Kier molecular flexibility index (Phi) is 10.3. The van der Waals surface area contributed by atoms with Crippen LogP contribution >= 0.6 is 11.3 Å². The number of carbonyl (C=O) groups excluding carboxylic acids is 1. The number of benzene rings is 1. The summed E-state index contributed by atoms with van der Waals surface area (Å²) in [6.45, 7) is 8.51. The normalized spacial score (nSPS) is 15.6. The van der Waals surface area contributed by atoms with Crippen molar-refractivity contribution in [2.75, 3.05) is 38.7 Å². The van der Waals surface area contributed by atoms with Crippen molar-refractivity contribution >= 4 is 34.5 Å². The van der Waals surface area contributed by atoms with Gasteiger partial charge in [0, 0.05) is 31.5 Å². The molecule has 0 radical (unpaired) electrons. The Bertz CT molecular complexity index is 1170. The molecule has 9 nitrogen and oxygen atoms in total. The standard InChI is InChI=1S/C24H27FN6O2S.CH5N/c1-3-19-21(31(15-29-19)10-8-27-23(32)20-14-33-11-9-26-20)12-16(2)30-24-28-13-22(34-24)17-4-6-18(25)7-5-17;1-2/h3-7,12-13,15,20,26H,1,8-11,14H2,2H3,(H,27,32)(H,28,30);2H2,1H3/b16-12+;. The average molecular weight is 514 g/mol. The van der Waals surface area contributed by atoms with Crippen LogP contribution in [0.1, 0.15) is 18.3 Å². The maximum atomic E-state index is 13.2. The Labute approximate surface area is 214 Å². The van der Waals surface area contributed by atoms with Gasteiger partial charge in [-0.1, -0.05) is 30.0 Å². The van der Waals surface area contributed by atoms with Crippen LogP contribution in [0.2, 0.25) is 0 Å². The van der Waals surface area contributed by atoms with Crippen molar-refractivity contribution in [2.45, 2.75) is 19.5 Å². The van der Waals surface area contributed by atoms with Crippen molar-refractivity contribution in [3.05, 3.63) is 66.3 Å². The molecular formula is C25H32FN7O2S. The Balaban J connectivity index is 0.00000176. The Morgan fingerprint density at radius 1 is 1.36 bits per heavy atom. The van der Waals surface area contributed by atoms with Crippen LogP contribution in [0.5, 0.6) is 0 Å². The first kappa shape index (κ1) is 27.2. The fourth-order valence-electron chi connectivity index (χ4n) is 3.55. The SMILES string of the molecule is C=Cc1ncn(CCNC(=O)C2COCCN2)c1/C=C(\C)Nc1ncc(-c2ccc(F)cc2)s1.CN. The first-order valence-electron chi connectivity index (χ1n) is 11.5. The molecule has 1 atom stereocenters. The van der Waals surface area contributed by atoms with Crippen molar-refractivity contribution in [2.24, 2.45) is 5.73 Å². The number of amides is 1. The van der Waals surface area contributed by atoms with Crippen LogP contribution in [0.15, 0.2) is 49.1 Å². The third-order valence-electron chi connectivity index (χ3n) is 5.28. The molecule has 1 aliphatic heterocycles. The van der Waals surface area contributed by atoms with Gasteiger partial charge in [0.15, 0.2) is 5.13 Å². The minimum Gasteiger partial charge on any atom is -0.378 e. The fraction of sp³-hybridized carbons (Fsp3) is 0.320. The van der Waals surface area contributed by atoms with E-state index in [-0.39, 0.29) is 17.8 Å². The smallest absolute Gasteiger partial charge is 0.239 e. The minimum absolute atomic E-state index is 0.0700. The molecule has 4 rings (SSSR count). The first-order valence-corrected chi connectivity index (χ1v) is 12.4. The number of hydrogen-bond acceptors (Lipinski definition) is 8. The number of hydrogen-bond donors (Lipinski definition) is 4. The number of halogens is 1. The predicted molar refractivity (Wildman–Crippen MR) is 143 cm³/mol. The van der Waals surface area contributed by atoms with Gasteiger partial charge in [0.2, 0.25) is 5.91 Å². The number of imidazole rings is 1. The van der Waals surface area contributed by atoms with Crippen LogP contribution < -0.4 is 21.7 Å². The lowest BCUT2D eigenvalue weighted by Crippen LogP contribution is -2.51. The van der Waals surface area contributed by atoms with Gasteiger partial charge >= 0.3 is 0 Å². The fourth-order valence-corrected chi connectivity index (χ4v) is 4.43. The molecule has 1 aliphatic rings. The van der Waals surface area contributed by atoms with E-state index in [1.165, 1.54) is 30.5 Å². The molecule has 0 spiro atoms. The molecule has 1 saturated heterocycles. The monoisotopic (exact) mass is 513 g/mol. The van der Waals surface area contributed by atoms with Gasteiger partial charge in [-0.15, -0.1) is 0 Å². The van der Waals surface area contributed by atoms with E-state index < -0.39 is 0 Å². The third kappa shape index (κ3) is 7.31. The maximum Gasteiger partial charge on any atom is 0.239 e. The number of allylic oxidation sites excluding steroid dienone is 1. The maximum absolute atomic E-state index is 13.2. The Hall–Kier alpha value is -3.38. The zero-order valence-corrected chi connectivity index (χ0v) is 21.3. The number of anilines is 1. The van der Waals surface area contributed by atoms with Gasteiger partial charge < -0.3 is 31.0 Å². The van der Waals surface area contributed by atoms with E-state index in [1.54, 1.807) is 30.7 Å². The zero-order chi connectivity index (χ0) is 25.9. The number of morpholine rings is 1. The molecule has 0 aliphatic carbocycles. The number of aromatic nitrogens is 3. The number of ether oxygens (including phenoxy) is 1. The van der Waals surface area contributed by atoms with Crippen LogP contribution in [0.4, 0.5) is 9.52 Å². The molecule has 1 fully saturated rings. The lowest BCUT2D eigenvalue weighted by atomic mass is 10.2. The van der Waals surface area contributed by atoms with Crippen molar-refractivity contribution < 1.29 is 13.9 Å². The van der Waals surface area contributed by atoms with Gasteiger partial charge in [0.1, 0.15) is 11.9 Å². The predicted octanol–water partition coefficient (Wildman–Crippen LogP) is 2.94. The second-order valence-electron chi connectivity index (χ2n) is 7.77. The molecular weight excluding hydrogens is 481 g/mol. The van der Waals surface area contributed by atoms with Crippen molar-refractivity contribution in [3.8, 4) is 10.4 Å². The summed E-state index contributed by atoms with van der Waals surface area (Å²) in [7, 11) is 1.50. The summed E-state index contributed by atoms with van der Waals surface area (Å²) >= 11 is 1.49. The molecule has 3 aromatic rings. The molecule has 1 aromatic carbocycles. The highest BCUT2D eigenvalue weighted by atomic mass is 32.1. The van der Waals surface area contributed by atoms with E-state index in [1.807, 2.05) is 17.6 Å². The van der Waals surface area contributed by atoms with Gasteiger partial charge in [-0.05, 0) is 43.8 Å². The van der Waals surface area contributed by atoms with Crippen molar-refractivity contribution in [3.63, 3.8) is 0 Å². The van der Waals surface area contributed by atoms with Crippen molar-refractivity contribution in [1.82, 2.24) is 25.2 Å². The van der Waals surface area contributed by atoms with E-state index in [0.717, 1.165) is 32.7 Å². The summed E-state index contributed by atoms with van der Waals surface area (Å²) in [5.74, 6) is -0.335. The van der Waals surface area contributed by atoms with E-state index in [2.05, 4.69) is 38.2 Å². The van der Waals surface area contributed by atoms with Crippen LogP contribution in [0, 0.1) is 5.82 Å². The molecule has 2 aromatic heterocycles. The van der Waals surface area contributed by atoms with Crippen LogP contribution in [0.3, 0.4) is 0 Å². The Morgan fingerprint density at radius 3 is 2.83 bits per heavy atom.